The number of carbonyl (C=O) groups excluding carboxylic acids is 1. The second kappa shape index (κ2) is 6.86. The first kappa shape index (κ1) is 15.1. The van der Waals surface area contributed by atoms with Crippen LogP contribution in [0.5, 0.6) is 5.75 Å². The molecule has 0 atom stereocenters. The van der Waals surface area contributed by atoms with Crippen LogP contribution < -0.4 is 9.88 Å². The molecule has 1 aromatic rings. The van der Waals surface area contributed by atoms with E-state index in [-0.39, 0.29) is 10.9 Å². The number of rotatable bonds is 6. The highest BCUT2D eigenvalue weighted by Gasteiger charge is 2.09. The van der Waals surface area contributed by atoms with Crippen LogP contribution in [0.25, 0.3) is 0 Å². The number of hydrogen-bond acceptors (Lipinski definition) is 4. The minimum atomic E-state index is -3.71. The average molecular weight is 336 g/mol. The van der Waals surface area contributed by atoms with Gasteiger partial charge >= 0.3 is 5.97 Å². The van der Waals surface area contributed by atoms with Gasteiger partial charge in [-0.25, -0.2) is 13.6 Å². The van der Waals surface area contributed by atoms with E-state index < -0.39 is 10.0 Å². The SMILES string of the molecule is NS(=O)(=O)c1ccc(OC(=O)CCCCBr)cc1. The quantitative estimate of drug-likeness (QED) is 0.371. The molecule has 0 spiro atoms. The third-order valence-corrected chi connectivity index (χ3v) is 3.64. The molecular weight excluding hydrogens is 322 g/mol. The molecule has 0 radical (unpaired) electrons. The average Bonchev–Trinajstić information content (AvgIpc) is 2.29. The first-order valence-electron chi connectivity index (χ1n) is 5.33. The van der Waals surface area contributed by atoms with Crippen molar-refractivity contribution in [2.45, 2.75) is 24.2 Å². The summed E-state index contributed by atoms with van der Waals surface area (Å²) < 4.78 is 27.1. The summed E-state index contributed by atoms with van der Waals surface area (Å²) in [6, 6.07) is 5.41. The Hall–Kier alpha value is -0.920. The molecule has 18 heavy (non-hydrogen) atoms. The minimum absolute atomic E-state index is 0.0124. The van der Waals surface area contributed by atoms with Gasteiger partial charge in [0, 0.05) is 11.8 Å². The van der Waals surface area contributed by atoms with Crippen molar-refractivity contribution in [3.05, 3.63) is 24.3 Å². The lowest BCUT2D eigenvalue weighted by Crippen LogP contribution is -2.12. The molecule has 0 aliphatic heterocycles. The molecule has 0 aliphatic carbocycles. The zero-order valence-corrected chi connectivity index (χ0v) is 12.0. The maximum absolute atomic E-state index is 11.4. The van der Waals surface area contributed by atoms with Crippen LogP contribution in [0.4, 0.5) is 0 Å². The first-order chi connectivity index (χ1) is 8.43. The number of hydrogen-bond donors (Lipinski definition) is 1. The van der Waals surface area contributed by atoms with E-state index in [0.717, 1.165) is 18.2 Å². The van der Waals surface area contributed by atoms with Crippen molar-refractivity contribution in [2.75, 3.05) is 5.33 Å². The normalized spacial score (nSPS) is 11.2. The molecule has 7 heteroatoms. The molecule has 0 saturated heterocycles. The van der Waals surface area contributed by atoms with Gasteiger partial charge in [0.15, 0.2) is 0 Å². The van der Waals surface area contributed by atoms with Gasteiger partial charge < -0.3 is 4.74 Å². The first-order valence-corrected chi connectivity index (χ1v) is 8.00. The molecule has 1 aromatic carbocycles. The molecular formula is C11H14BrNO4S. The number of esters is 1. The van der Waals surface area contributed by atoms with Gasteiger partial charge in [0.05, 0.1) is 4.90 Å². The highest BCUT2D eigenvalue weighted by Crippen LogP contribution is 2.15. The van der Waals surface area contributed by atoms with E-state index in [1.807, 2.05) is 0 Å². The number of primary sulfonamides is 1. The fraction of sp³-hybridized carbons (Fsp3) is 0.364. The Balaban J connectivity index is 2.56. The van der Waals surface area contributed by atoms with Crippen molar-refractivity contribution in [1.29, 1.82) is 0 Å². The smallest absolute Gasteiger partial charge is 0.311 e. The summed E-state index contributed by atoms with van der Waals surface area (Å²) in [5.74, 6) is -0.0226. The van der Waals surface area contributed by atoms with Gasteiger partial charge in [0.1, 0.15) is 5.75 Å². The molecule has 0 saturated carbocycles. The molecule has 0 heterocycles. The third-order valence-electron chi connectivity index (χ3n) is 2.15. The van der Waals surface area contributed by atoms with Crippen LogP contribution in [0.15, 0.2) is 29.2 Å². The fourth-order valence-electron chi connectivity index (χ4n) is 1.24. The van der Waals surface area contributed by atoms with Crippen LogP contribution in [0, 0.1) is 0 Å². The number of nitrogens with two attached hydrogens (primary N) is 1. The molecule has 5 nitrogen and oxygen atoms in total. The Morgan fingerprint density at radius 2 is 1.83 bits per heavy atom. The van der Waals surface area contributed by atoms with Crippen LogP contribution >= 0.6 is 15.9 Å². The monoisotopic (exact) mass is 335 g/mol. The summed E-state index contributed by atoms with van der Waals surface area (Å²) in [6.07, 6.45) is 1.99. The Morgan fingerprint density at radius 1 is 1.22 bits per heavy atom. The van der Waals surface area contributed by atoms with Crippen molar-refractivity contribution in [2.24, 2.45) is 5.14 Å². The van der Waals surface area contributed by atoms with Crippen molar-refractivity contribution >= 4 is 31.9 Å². The summed E-state index contributed by atoms with van der Waals surface area (Å²) in [5.41, 5.74) is 0. The summed E-state index contributed by atoms with van der Waals surface area (Å²) in [4.78, 5) is 11.4. The van der Waals surface area contributed by atoms with E-state index in [2.05, 4.69) is 15.9 Å². The number of halogens is 1. The molecule has 0 fully saturated rings. The summed E-state index contributed by atoms with van der Waals surface area (Å²) in [6.45, 7) is 0. The van der Waals surface area contributed by atoms with E-state index in [9.17, 15) is 13.2 Å². The maximum atomic E-state index is 11.4. The summed E-state index contributed by atoms with van der Waals surface area (Å²) in [5, 5.41) is 5.80. The van der Waals surface area contributed by atoms with Gasteiger partial charge in [-0.05, 0) is 37.1 Å². The van der Waals surface area contributed by atoms with Gasteiger partial charge in [0.25, 0.3) is 0 Å². The van der Waals surface area contributed by atoms with Crippen molar-refractivity contribution in [3.8, 4) is 5.75 Å². The maximum Gasteiger partial charge on any atom is 0.311 e. The molecule has 0 unspecified atom stereocenters. The minimum Gasteiger partial charge on any atom is -0.427 e. The fourth-order valence-corrected chi connectivity index (χ4v) is 2.16. The number of ether oxygens (including phenoxy) is 1. The van der Waals surface area contributed by atoms with Crippen LogP contribution in [0.2, 0.25) is 0 Å². The van der Waals surface area contributed by atoms with Gasteiger partial charge in [0.2, 0.25) is 10.0 Å². The van der Waals surface area contributed by atoms with Crippen LogP contribution in [-0.2, 0) is 14.8 Å². The summed E-state index contributed by atoms with van der Waals surface area (Å²) in [7, 11) is -3.71. The van der Waals surface area contributed by atoms with Gasteiger partial charge in [-0.2, -0.15) is 0 Å². The standard InChI is InChI=1S/C11H14BrNO4S/c12-8-2-1-3-11(14)17-9-4-6-10(7-5-9)18(13,15)16/h4-7H,1-3,8H2,(H2,13,15,16). The van der Waals surface area contributed by atoms with Crippen LogP contribution in [-0.4, -0.2) is 19.7 Å². The Bertz CT molecular complexity index is 498. The van der Waals surface area contributed by atoms with E-state index >= 15 is 0 Å². The van der Waals surface area contributed by atoms with Crippen molar-refractivity contribution in [1.82, 2.24) is 0 Å². The predicted molar refractivity (Wildman–Crippen MR) is 71.1 cm³/mol. The van der Waals surface area contributed by atoms with Crippen LogP contribution in [0.3, 0.4) is 0 Å². The number of sulfonamides is 1. The highest BCUT2D eigenvalue weighted by molar-refractivity contribution is 9.09. The second-order valence-corrected chi connectivity index (χ2v) is 5.99. The van der Waals surface area contributed by atoms with Gasteiger partial charge in [-0.1, -0.05) is 15.9 Å². The lowest BCUT2D eigenvalue weighted by atomic mass is 10.2. The van der Waals surface area contributed by atoms with E-state index in [4.69, 9.17) is 9.88 Å². The second-order valence-electron chi connectivity index (χ2n) is 3.64. The Morgan fingerprint density at radius 3 is 2.33 bits per heavy atom. The molecule has 0 aliphatic rings. The van der Waals surface area contributed by atoms with Gasteiger partial charge in [-0.15, -0.1) is 0 Å². The number of benzene rings is 1. The van der Waals surface area contributed by atoms with E-state index in [1.54, 1.807) is 0 Å². The molecule has 0 bridgehead atoms. The number of carbonyl (C=O) groups is 1. The zero-order valence-electron chi connectivity index (χ0n) is 9.63. The number of unbranched alkanes of at least 4 members (excludes halogenated alkanes) is 1. The highest BCUT2D eigenvalue weighted by atomic mass is 79.9. The Kier molecular flexibility index (Phi) is 5.77. The lowest BCUT2D eigenvalue weighted by Gasteiger charge is -2.04. The molecule has 1 rings (SSSR count). The topological polar surface area (TPSA) is 86.5 Å². The van der Waals surface area contributed by atoms with Crippen molar-refractivity contribution < 1.29 is 17.9 Å². The number of alkyl halides is 1. The molecule has 2 N–H and O–H groups in total. The molecule has 100 valence electrons. The third kappa shape index (κ3) is 5.16. The van der Waals surface area contributed by atoms with E-state index in [1.165, 1.54) is 24.3 Å². The van der Waals surface area contributed by atoms with Crippen molar-refractivity contribution in [3.63, 3.8) is 0 Å². The largest absolute Gasteiger partial charge is 0.427 e. The van der Waals surface area contributed by atoms with E-state index in [0.29, 0.717) is 12.2 Å². The summed E-state index contributed by atoms with van der Waals surface area (Å²) >= 11 is 3.27. The van der Waals surface area contributed by atoms with Gasteiger partial charge in [-0.3, -0.25) is 4.79 Å². The zero-order chi connectivity index (χ0) is 13.6. The van der Waals surface area contributed by atoms with Crippen LogP contribution in [0.1, 0.15) is 19.3 Å². The lowest BCUT2D eigenvalue weighted by molar-refractivity contribution is -0.134. The molecule has 0 aromatic heterocycles. The molecule has 0 amide bonds. The Labute approximate surface area is 114 Å². The predicted octanol–water partition coefficient (Wildman–Crippen LogP) is 1.80.